The number of fused-ring (bicyclic) bond motifs is 1. The van der Waals surface area contributed by atoms with Gasteiger partial charge in [0, 0.05) is 49.7 Å². The van der Waals surface area contributed by atoms with Gasteiger partial charge in [0.15, 0.2) is 0 Å². The molecule has 2 aromatic heterocycles. The van der Waals surface area contributed by atoms with Crippen molar-refractivity contribution in [1.82, 2.24) is 30.2 Å². The lowest BCUT2D eigenvalue weighted by Crippen LogP contribution is -2.52. The van der Waals surface area contributed by atoms with Crippen LogP contribution in [0, 0.1) is 5.41 Å². The van der Waals surface area contributed by atoms with E-state index in [1.54, 1.807) is 12.4 Å². The number of hydrogen-bond donors (Lipinski definition) is 1. The summed E-state index contributed by atoms with van der Waals surface area (Å²) in [5.41, 5.74) is 2.43. The van der Waals surface area contributed by atoms with Gasteiger partial charge in [0.2, 0.25) is 0 Å². The summed E-state index contributed by atoms with van der Waals surface area (Å²) in [6, 6.07) is 9.85. The quantitative estimate of drug-likeness (QED) is 0.717. The van der Waals surface area contributed by atoms with Gasteiger partial charge in [-0.3, -0.25) is 14.7 Å². The SMILES string of the molecule is O=C(c1cnc2ccccc2c1)N1CCCC2(COCCN(Cc3cn[nH]n3)C2)C1. The van der Waals surface area contributed by atoms with Gasteiger partial charge in [-0.05, 0) is 25.0 Å². The maximum atomic E-state index is 13.3. The second kappa shape index (κ2) is 8.12. The summed E-state index contributed by atoms with van der Waals surface area (Å²) in [5, 5.41) is 11.8. The van der Waals surface area contributed by atoms with Crippen LogP contribution >= 0.6 is 0 Å². The molecule has 1 spiro atoms. The molecule has 1 N–H and O–H groups in total. The van der Waals surface area contributed by atoms with Crippen molar-refractivity contribution < 1.29 is 9.53 Å². The van der Waals surface area contributed by atoms with E-state index in [0.717, 1.165) is 55.6 Å². The van der Waals surface area contributed by atoms with E-state index in [1.165, 1.54) is 0 Å². The molecule has 2 aliphatic heterocycles. The molecular weight excluding hydrogens is 380 g/mol. The molecule has 8 nitrogen and oxygen atoms in total. The van der Waals surface area contributed by atoms with Crippen LogP contribution in [0.15, 0.2) is 42.7 Å². The number of ether oxygens (including phenoxy) is 1. The summed E-state index contributed by atoms with van der Waals surface area (Å²) in [7, 11) is 0. The molecule has 2 saturated heterocycles. The highest BCUT2D eigenvalue weighted by molar-refractivity contribution is 5.97. The minimum atomic E-state index is -0.0571. The first-order chi connectivity index (χ1) is 14.7. The van der Waals surface area contributed by atoms with Crippen molar-refractivity contribution in [1.29, 1.82) is 0 Å². The third kappa shape index (κ3) is 3.93. The first-order valence-electron chi connectivity index (χ1n) is 10.5. The van der Waals surface area contributed by atoms with Gasteiger partial charge < -0.3 is 9.64 Å². The second-order valence-electron chi connectivity index (χ2n) is 8.47. The third-order valence-electron chi connectivity index (χ3n) is 6.16. The Labute approximate surface area is 175 Å². The van der Waals surface area contributed by atoms with Crippen LogP contribution in [-0.2, 0) is 11.3 Å². The highest BCUT2D eigenvalue weighted by Crippen LogP contribution is 2.34. The van der Waals surface area contributed by atoms with E-state index in [9.17, 15) is 4.79 Å². The van der Waals surface area contributed by atoms with E-state index in [-0.39, 0.29) is 11.3 Å². The highest BCUT2D eigenvalue weighted by Gasteiger charge is 2.40. The van der Waals surface area contributed by atoms with Crippen molar-refractivity contribution >= 4 is 16.8 Å². The predicted octanol–water partition coefficient (Wildman–Crippen LogP) is 2.11. The molecule has 0 bridgehead atoms. The molecule has 156 valence electrons. The Morgan fingerprint density at radius 1 is 1.20 bits per heavy atom. The minimum absolute atomic E-state index is 0.0552. The predicted molar refractivity (Wildman–Crippen MR) is 112 cm³/mol. The number of aromatic nitrogens is 4. The molecule has 3 aromatic rings. The number of nitrogens with one attached hydrogen (secondary N) is 1. The Bertz CT molecular complexity index is 1020. The Hall–Kier alpha value is -2.84. The van der Waals surface area contributed by atoms with Crippen molar-refractivity contribution in [3.05, 3.63) is 54.0 Å². The molecule has 0 radical (unpaired) electrons. The molecule has 1 aromatic carbocycles. The van der Waals surface area contributed by atoms with Crippen molar-refractivity contribution in [2.24, 2.45) is 5.41 Å². The zero-order valence-corrected chi connectivity index (χ0v) is 17.0. The van der Waals surface area contributed by atoms with Gasteiger partial charge in [-0.1, -0.05) is 18.2 Å². The number of likely N-dealkylation sites (tertiary alicyclic amines) is 1. The van der Waals surface area contributed by atoms with Gasteiger partial charge in [-0.2, -0.15) is 15.4 Å². The normalized spacial score (nSPS) is 23.0. The Morgan fingerprint density at radius 3 is 3.03 bits per heavy atom. The van der Waals surface area contributed by atoms with Gasteiger partial charge >= 0.3 is 0 Å². The van der Waals surface area contributed by atoms with E-state index >= 15 is 0 Å². The zero-order chi connectivity index (χ0) is 20.4. The lowest BCUT2D eigenvalue weighted by molar-refractivity contribution is 0.00689. The molecule has 0 aliphatic carbocycles. The molecule has 1 atom stereocenters. The molecule has 2 fully saturated rings. The van der Waals surface area contributed by atoms with Crippen LogP contribution in [0.2, 0.25) is 0 Å². The van der Waals surface area contributed by atoms with E-state index < -0.39 is 0 Å². The van der Waals surface area contributed by atoms with E-state index in [2.05, 4.69) is 25.3 Å². The summed E-state index contributed by atoms with van der Waals surface area (Å²) >= 11 is 0. The van der Waals surface area contributed by atoms with Crippen LogP contribution in [-0.4, -0.2) is 75.5 Å². The number of para-hydroxylation sites is 1. The largest absolute Gasteiger partial charge is 0.379 e. The third-order valence-corrected chi connectivity index (χ3v) is 6.16. The van der Waals surface area contributed by atoms with Gasteiger partial charge in [0.25, 0.3) is 5.91 Å². The molecule has 8 heteroatoms. The summed E-state index contributed by atoms with van der Waals surface area (Å²) in [6.45, 7) is 5.34. The summed E-state index contributed by atoms with van der Waals surface area (Å²) < 4.78 is 5.99. The fourth-order valence-electron chi connectivity index (χ4n) is 4.75. The molecule has 0 saturated carbocycles. The number of carbonyl (C=O) groups is 1. The molecule has 1 unspecified atom stereocenters. The number of pyridine rings is 1. The number of hydrogen-bond acceptors (Lipinski definition) is 6. The van der Waals surface area contributed by atoms with Crippen LogP contribution in [0.1, 0.15) is 28.9 Å². The highest BCUT2D eigenvalue weighted by atomic mass is 16.5. The fraction of sp³-hybridized carbons (Fsp3) is 0.455. The Morgan fingerprint density at radius 2 is 2.13 bits per heavy atom. The zero-order valence-electron chi connectivity index (χ0n) is 17.0. The first kappa shape index (κ1) is 19.1. The summed E-state index contributed by atoms with van der Waals surface area (Å²) in [5.74, 6) is 0.0552. The average molecular weight is 406 g/mol. The van der Waals surface area contributed by atoms with Gasteiger partial charge in [-0.15, -0.1) is 0 Å². The van der Waals surface area contributed by atoms with E-state index in [4.69, 9.17) is 4.74 Å². The number of benzene rings is 1. The molecule has 2 aliphatic rings. The number of aromatic amines is 1. The van der Waals surface area contributed by atoms with E-state index in [1.807, 2.05) is 35.2 Å². The first-order valence-corrected chi connectivity index (χ1v) is 10.5. The van der Waals surface area contributed by atoms with Crippen molar-refractivity contribution in [2.75, 3.05) is 39.4 Å². The number of nitrogens with zero attached hydrogens (tertiary/aromatic N) is 5. The van der Waals surface area contributed by atoms with Crippen LogP contribution in [0.3, 0.4) is 0 Å². The van der Waals surface area contributed by atoms with Gasteiger partial charge in [0.05, 0.1) is 36.2 Å². The Balaban J connectivity index is 1.33. The molecule has 1 amide bonds. The summed E-state index contributed by atoms with van der Waals surface area (Å²) in [6.07, 6.45) is 5.50. The number of amides is 1. The minimum Gasteiger partial charge on any atom is -0.379 e. The second-order valence-corrected chi connectivity index (χ2v) is 8.47. The van der Waals surface area contributed by atoms with Crippen molar-refractivity contribution in [2.45, 2.75) is 19.4 Å². The van der Waals surface area contributed by atoms with Crippen LogP contribution in [0.4, 0.5) is 0 Å². The monoisotopic (exact) mass is 406 g/mol. The lowest BCUT2D eigenvalue weighted by Gasteiger charge is -2.43. The molecular formula is C22H26N6O2. The molecule has 5 rings (SSSR count). The maximum Gasteiger partial charge on any atom is 0.255 e. The van der Waals surface area contributed by atoms with Crippen molar-refractivity contribution in [3.8, 4) is 0 Å². The standard InChI is InChI=1S/C22H26N6O2/c29-21(18-10-17-4-1-2-5-20(17)23-11-18)28-7-3-6-22(15-28)14-27(8-9-30-16-22)13-19-12-24-26-25-19/h1-2,4-5,10-12H,3,6-9,13-16H2,(H,24,25,26). The summed E-state index contributed by atoms with van der Waals surface area (Å²) in [4.78, 5) is 22.1. The van der Waals surface area contributed by atoms with Gasteiger partial charge in [0.1, 0.15) is 0 Å². The Kier molecular flexibility index (Phi) is 5.18. The number of carbonyl (C=O) groups excluding carboxylic acids is 1. The molecule has 30 heavy (non-hydrogen) atoms. The van der Waals surface area contributed by atoms with Crippen molar-refractivity contribution in [3.63, 3.8) is 0 Å². The molecule has 4 heterocycles. The topological polar surface area (TPSA) is 87.2 Å². The number of H-pyrrole nitrogens is 1. The van der Waals surface area contributed by atoms with Crippen LogP contribution in [0.5, 0.6) is 0 Å². The van der Waals surface area contributed by atoms with Gasteiger partial charge in [-0.25, -0.2) is 0 Å². The average Bonchev–Trinajstić information content (AvgIpc) is 3.21. The number of rotatable bonds is 3. The van der Waals surface area contributed by atoms with E-state index in [0.29, 0.717) is 25.3 Å². The fourth-order valence-corrected chi connectivity index (χ4v) is 4.75. The van der Waals surface area contributed by atoms with Crippen LogP contribution < -0.4 is 0 Å². The smallest absolute Gasteiger partial charge is 0.255 e. The van der Waals surface area contributed by atoms with Crippen LogP contribution in [0.25, 0.3) is 10.9 Å². The maximum absolute atomic E-state index is 13.3. The lowest BCUT2D eigenvalue weighted by atomic mass is 9.80. The number of piperidine rings is 1.